The van der Waals surface area contributed by atoms with E-state index in [1.54, 1.807) is 6.92 Å². The topological polar surface area (TPSA) is 29.5 Å². The Kier molecular flexibility index (Phi) is 3.96. The summed E-state index contributed by atoms with van der Waals surface area (Å²) < 4.78 is 5.41. The molecule has 1 rings (SSSR count). The van der Waals surface area contributed by atoms with Crippen molar-refractivity contribution in [1.29, 1.82) is 0 Å². The minimum absolute atomic E-state index is 0.349. The lowest BCUT2D eigenvalue weighted by Crippen LogP contribution is -2.12. The van der Waals surface area contributed by atoms with Crippen LogP contribution in [-0.4, -0.2) is 17.8 Å². The molecule has 1 N–H and O–H groups in total. The fourth-order valence-electron chi connectivity index (χ4n) is 1.18. The average molecular weight is 194 g/mol. The number of ether oxygens (including phenoxy) is 1. The molecule has 0 saturated carbocycles. The van der Waals surface area contributed by atoms with E-state index >= 15 is 0 Å². The summed E-state index contributed by atoms with van der Waals surface area (Å²) >= 11 is 0. The number of aliphatic hydroxyl groups excluding tert-OH is 1. The van der Waals surface area contributed by atoms with E-state index in [4.69, 9.17) is 9.84 Å². The molecule has 0 aliphatic rings. The fourth-order valence-corrected chi connectivity index (χ4v) is 1.18. The van der Waals surface area contributed by atoms with Crippen LogP contribution in [0.15, 0.2) is 24.3 Å². The third-order valence-corrected chi connectivity index (χ3v) is 2.02. The van der Waals surface area contributed by atoms with E-state index in [1.165, 1.54) is 5.56 Å². The van der Waals surface area contributed by atoms with E-state index in [9.17, 15) is 0 Å². The van der Waals surface area contributed by atoms with Crippen LogP contribution in [0.25, 0.3) is 0 Å². The molecule has 0 aromatic heterocycles. The van der Waals surface area contributed by atoms with Gasteiger partial charge in [0.05, 0.1) is 6.10 Å². The largest absolute Gasteiger partial charge is 0.491 e. The second-order valence-corrected chi connectivity index (χ2v) is 3.89. The number of benzene rings is 1. The van der Waals surface area contributed by atoms with Gasteiger partial charge in [-0.05, 0) is 30.5 Å². The smallest absolute Gasteiger partial charge is 0.119 e. The maximum Gasteiger partial charge on any atom is 0.119 e. The maximum atomic E-state index is 9.07. The van der Waals surface area contributed by atoms with Gasteiger partial charge in [-0.15, -0.1) is 0 Å². The molecule has 0 aliphatic heterocycles. The van der Waals surface area contributed by atoms with Crippen molar-refractivity contribution in [3.8, 4) is 5.75 Å². The molecule has 78 valence electrons. The highest BCUT2D eigenvalue weighted by atomic mass is 16.5. The van der Waals surface area contributed by atoms with Crippen LogP contribution in [0, 0.1) is 0 Å². The quantitative estimate of drug-likeness (QED) is 0.798. The lowest BCUT2D eigenvalue weighted by atomic mass is 10.0. The summed E-state index contributed by atoms with van der Waals surface area (Å²) in [6.07, 6.45) is -0.419. The summed E-state index contributed by atoms with van der Waals surface area (Å²) in [7, 11) is 0. The van der Waals surface area contributed by atoms with Crippen molar-refractivity contribution in [3.05, 3.63) is 29.8 Å². The molecule has 2 nitrogen and oxygen atoms in total. The maximum absolute atomic E-state index is 9.07. The normalized spacial score (nSPS) is 12.9. The van der Waals surface area contributed by atoms with E-state index in [0.717, 1.165) is 5.75 Å². The van der Waals surface area contributed by atoms with Gasteiger partial charge < -0.3 is 9.84 Å². The third kappa shape index (κ3) is 3.38. The first-order valence-electron chi connectivity index (χ1n) is 5.00. The van der Waals surface area contributed by atoms with Gasteiger partial charge in [0.2, 0.25) is 0 Å². The number of hydrogen-bond donors (Lipinski definition) is 1. The Balaban J connectivity index is 2.64. The highest BCUT2D eigenvalue weighted by Crippen LogP contribution is 2.20. The van der Waals surface area contributed by atoms with Crippen molar-refractivity contribution in [2.24, 2.45) is 0 Å². The van der Waals surface area contributed by atoms with Gasteiger partial charge in [0.15, 0.2) is 0 Å². The highest BCUT2D eigenvalue weighted by molar-refractivity contribution is 5.30. The predicted octanol–water partition coefficient (Wildman–Crippen LogP) is 2.57. The highest BCUT2D eigenvalue weighted by Gasteiger charge is 2.02. The molecule has 0 heterocycles. The van der Waals surface area contributed by atoms with Crippen LogP contribution in [0.4, 0.5) is 0 Å². The van der Waals surface area contributed by atoms with Gasteiger partial charge in [0, 0.05) is 0 Å². The second kappa shape index (κ2) is 5.01. The lowest BCUT2D eigenvalue weighted by Gasteiger charge is -2.10. The molecule has 0 saturated heterocycles. The fraction of sp³-hybridized carbons (Fsp3) is 0.500. The summed E-state index contributed by atoms with van der Waals surface area (Å²) in [5.41, 5.74) is 1.26. The van der Waals surface area contributed by atoms with Crippen LogP contribution in [-0.2, 0) is 0 Å². The first-order valence-corrected chi connectivity index (χ1v) is 5.00. The van der Waals surface area contributed by atoms with E-state index in [1.807, 2.05) is 18.2 Å². The van der Waals surface area contributed by atoms with E-state index < -0.39 is 6.10 Å². The monoisotopic (exact) mass is 194 g/mol. The molecule has 0 amide bonds. The summed E-state index contributed by atoms with van der Waals surface area (Å²) in [6.45, 7) is 6.36. The first kappa shape index (κ1) is 11.1. The molecule has 1 aromatic rings. The van der Waals surface area contributed by atoms with Gasteiger partial charge in [-0.2, -0.15) is 0 Å². The molecule has 0 fully saturated rings. The van der Waals surface area contributed by atoms with Crippen molar-refractivity contribution < 1.29 is 9.84 Å². The first-order chi connectivity index (χ1) is 6.59. The van der Waals surface area contributed by atoms with Gasteiger partial charge >= 0.3 is 0 Å². The number of rotatable bonds is 4. The summed E-state index contributed by atoms with van der Waals surface area (Å²) in [5, 5.41) is 9.07. The van der Waals surface area contributed by atoms with Crippen molar-refractivity contribution in [1.82, 2.24) is 0 Å². The Hall–Kier alpha value is -1.02. The molecule has 0 aliphatic carbocycles. The zero-order valence-corrected chi connectivity index (χ0v) is 9.03. The molecular weight excluding hydrogens is 176 g/mol. The SMILES string of the molecule is CC(C)c1cccc(OC[C@@H](C)O)c1. The Labute approximate surface area is 85.5 Å². The van der Waals surface area contributed by atoms with E-state index in [-0.39, 0.29) is 0 Å². The number of aliphatic hydroxyl groups is 1. The molecule has 0 radical (unpaired) electrons. The van der Waals surface area contributed by atoms with Crippen molar-refractivity contribution in [2.75, 3.05) is 6.61 Å². The van der Waals surface area contributed by atoms with E-state index in [0.29, 0.717) is 12.5 Å². The molecule has 14 heavy (non-hydrogen) atoms. The second-order valence-electron chi connectivity index (χ2n) is 3.89. The predicted molar refractivity (Wildman–Crippen MR) is 57.7 cm³/mol. The Morgan fingerprint density at radius 1 is 1.29 bits per heavy atom. The average Bonchev–Trinajstić information content (AvgIpc) is 2.15. The Morgan fingerprint density at radius 3 is 2.57 bits per heavy atom. The third-order valence-electron chi connectivity index (χ3n) is 2.02. The minimum atomic E-state index is -0.419. The van der Waals surface area contributed by atoms with Crippen LogP contribution in [0.3, 0.4) is 0 Å². The molecule has 1 atom stereocenters. The molecular formula is C12H18O2. The lowest BCUT2D eigenvalue weighted by molar-refractivity contribution is 0.122. The van der Waals surface area contributed by atoms with Crippen molar-refractivity contribution in [2.45, 2.75) is 32.8 Å². The van der Waals surface area contributed by atoms with Crippen LogP contribution in [0.1, 0.15) is 32.3 Å². The standard InChI is InChI=1S/C12H18O2/c1-9(2)11-5-4-6-12(7-11)14-8-10(3)13/h4-7,9-10,13H,8H2,1-3H3/t10-/m1/s1. The van der Waals surface area contributed by atoms with E-state index in [2.05, 4.69) is 19.9 Å². The molecule has 1 aromatic carbocycles. The van der Waals surface area contributed by atoms with Crippen LogP contribution in [0.2, 0.25) is 0 Å². The number of hydrogen-bond acceptors (Lipinski definition) is 2. The molecule has 0 bridgehead atoms. The molecule has 2 heteroatoms. The van der Waals surface area contributed by atoms with Gasteiger partial charge in [0.1, 0.15) is 12.4 Å². The van der Waals surface area contributed by atoms with Crippen LogP contribution < -0.4 is 4.74 Å². The van der Waals surface area contributed by atoms with Gasteiger partial charge in [-0.1, -0.05) is 26.0 Å². The van der Waals surface area contributed by atoms with Gasteiger partial charge in [-0.3, -0.25) is 0 Å². The van der Waals surface area contributed by atoms with Gasteiger partial charge in [0.25, 0.3) is 0 Å². The van der Waals surface area contributed by atoms with Gasteiger partial charge in [-0.25, -0.2) is 0 Å². The summed E-state index contributed by atoms with van der Waals surface area (Å²) in [5.74, 6) is 1.34. The zero-order chi connectivity index (χ0) is 10.6. The molecule has 0 spiro atoms. The Bertz CT molecular complexity index is 279. The van der Waals surface area contributed by atoms with Crippen molar-refractivity contribution in [3.63, 3.8) is 0 Å². The minimum Gasteiger partial charge on any atom is -0.491 e. The van der Waals surface area contributed by atoms with Crippen LogP contribution >= 0.6 is 0 Å². The van der Waals surface area contributed by atoms with Crippen LogP contribution in [0.5, 0.6) is 5.75 Å². The van der Waals surface area contributed by atoms with Crippen molar-refractivity contribution >= 4 is 0 Å². The summed E-state index contributed by atoms with van der Waals surface area (Å²) in [6, 6.07) is 7.99. The summed E-state index contributed by atoms with van der Waals surface area (Å²) in [4.78, 5) is 0. The molecule has 0 unspecified atom stereocenters. The zero-order valence-electron chi connectivity index (χ0n) is 9.03. The Morgan fingerprint density at radius 2 is 2.00 bits per heavy atom.